The van der Waals surface area contributed by atoms with Crippen molar-refractivity contribution in [3.8, 4) is 0 Å². The smallest absolute Gasteiger partial charge is 0.184 e. The molecular formula is C37H56F2N4. The summed E-state index contributed by atoms with van der Waals surface area (Å²) in [5.74, 6) is -1.66. The normalized spacial score (nSPS) is 15.3. The second-order valence-corrected chi connectivity index (χ2v) is 12.3. The summed E-state index contributed by atoms with van der Waals surface area (Å²) in [6.45, 7) is 31.9. The highest BCUT2D eigenvalue weighted by atomic mass is 19.2. The Labute approximate surface area is 259 Å². The molecule has 0 heterocycles. The van der Waals surface area contributed by atoms with Crippen LogP contribution in [0.15, 0.2) is 29.5 Å². The van der Waals surface area contributed by atoms with Crippen LogP contribution in [0.5, 0.6) is 0 Å². The Morgan fingerprint density at radius 3 is 1.70 bits per heavy atom. The molecule has 2 aromatic carbocycles. The van der Waals surface area contributed by atoms with Gasteiger partial charge in [0.05, 0.1) is 11.4 Å². The highest BCUT2D eigenvalue weighted by Crippen LogP contribution is 2.33. The van der Waals surface area contributed by atoms with E-state index < -0.39 is 11.7 Å². The highest BCUT2D eigenvalue weighted by Gasteiger charge is 2.29. The summed E-state index contributed by atoms with van der Waals surface area (Å²) < 4.78 is 32.6. The van der Waals surface area contributed by atoms with E-state index in [1.807, 2.05) is 6.92 Å². The molecule has 238 valence electrons. The molecule has 43 heavy (non-hydrogen) atoms. The number of hydrogen-bond donors (Lipinski definition) is 2. The van der Waals surface area contributed by atoms with Crippen molar-refractivity contribution in [2.24, 2.45) is 0 Å². The van der Waals surface area contributed by atoms with E-state index in [2.05, 4.69) is 94.2 Å². The number of halogens is 2. The fourth-order valence-electron chi connectivity index (χ4n) is 6.56. The lowest BCUT2D eigenvalue weighted by atomic mass is 9.88. The van der Waals surface area contributed by atoms with Crippen LogP contribution >= 0.6 is 0 Å². The molecule has 6 heteroatoms. The Kier molecular flexibility index (Phi) is 12.8. The summed E-state index contributed by atoms with van der Waals surface area (Å²) >= 11 is 0. The largest absolute Gasteiger partial charge is 0.383 e. The molecule has 4 nitrogen and oxygen atoms in total. The summed E-state index contributed by atoms with van der Waals surface area (Å²) in [6, 6.07) is 4.12. The van der Waals surface area contributed by atoms with Gasteiger partial charge in [-0.15, -0.1) is 0 Å². The van der Waals surface area contributed by atoms with Crippen molar-refractivity contribution in [2.75, 3.05) is 39.3 Å². The molecule has 0 spiro atoms. The summed E-state index contributed by atoms with van der Waals surface area (Å²) in [5.41, 5.74) is 4.13. The van der Waals surface area contributed by atoms with Crippen molar-refractivity contribution < 1.29 is 8.78 Å². The van der Waals surface area contributed by atoms with Gasteiger partial charge >= 0.3 is 0 Å². The number of rotatable bonds is 16. The zero-order valence-electron chi connectivity index (χ0n) is 28.2. The third-order valence-corrected chi connectivity index (χ3v) is 9.30. The minimum Gasteiger partial charge on any atom is -0.383 e. The van der Waals surface area contributed by atoms with Crippen molar-refractivity contribution in [1.82, 2.24) is 20.4 Å². The molecular weight excluding hydrogens is 538 g/mol. The predicted molar refractivity (Wildman–Crippen MR) is 183 cm³/mol. The first kappa shape index (κ1) is 34.8. The number of allylic oxidation sites excluding steroid dienone is 3. The number of benzene rings is 2. The van der Waals surface area contributed by atoms with E-state index in [0.717, 1.165) is 103 Å². The molecule has 0 amide bonds. The van der Waals surface area contributed by atoms with Gasteiger partial charge in [-0.25, -0.2) is 8.78 Å². The van der Waals surface area contributed by atoms with E-state index >= 15 is 8.78 Å². The van der Waals surface area contributed by atoms with E-state index in [1.54, 1.807) is 0 Å². The van der Waals surface area contributed by atoms with E-state index in [-0.39, 0.29) is 29.9 Å². The van der Waals surface area contributed by atoms with Crippen LogP contribution in [-0.2, 0) is 6.42 Å². The quantitative estimate of drug-likeness (QED) is 0.223. The van der Waals surface area contributed by atoms with Gasteiger partial charge in [0.2, 0.25) is 0 Å². The monoisotopic (exact) mass is 594 g/mol. The second-order valence-electron chi connectivity index (χ2n) is 12.3. The van der Waals surface area contributed by atoms with Gasteiger partial charge in [-0.1, -0.05) is 53.0 Å². The maximum Gasteiger partial charge on any atom is 0.184 e. The van der Waals surface area contributed by atoms with E-state index in [1.165, 1.54) is 0 Å². The molecule has 3 rings (SSSR count). The Balaban J connectivity index is 2.06. The molecule has 0 aromatic heterocycles. The lowest BCUT2D eigenvalue weighted by molar-refractivity contribution is 0.291. The molecule has 0 saturated heterocycles. The van der Waals surface area contributed by atoms with Gasteiger partial charge in [0.25, 0.3) is 0 Å². The maximum atomic E-state index is 16.4. The molecule has 0 saturated carbocycles. The Bertz CT molecular complexity index is 1420. The second kappa shape index (κ2) is 15.9. The van der Waals surface area contributed by atoms with Crippen molar-refractivity contribution >= 4 is 29.6 Å². The minimum atomic E-state index is -0.846. The average molecular weight is 595 g/mol. The third-order valence-electron chi connectivity index (χ3n) is 9.30. The van der Waals surface area contributed by atoms with Crippen LogP contribution in [0.4, 0.5) is 8.78 Å². The summed E-state index contributed by atoms with van der Waals surface area (Å²) in [4.78, 5) is 4.77. The third kappa shape index (κ3) is 8.07. The lowest BCUT2D eigenvalue weighted by Crippen LogP contribution is -2.33. The number of fused-ring (bicyclic) bond motifs is 2. The first-order chi connectivity index (χ1) is 20.5. The maximum absolute atomic E-state index is 16.4. The summed E-state index contributed by atoms with van der Waals surface area (Å²) in [7, 11) is 0. The van der Waals surface area contributed by atoms with E-state index in [4.69, 9.17) is 0 Å². The average Bonchev–Trinajstić information content (AvgIpc) is 3.08. The van der Waals surface area contributed by atoms with Crippen LogP contribution in [-0.4, -0.2) is 61.2 Å². The highest BCUT2D eigenvalue weighted by molar-refractivity contribution is 5.94. The topological polar surface area (TPSA) is 30.5 Å². The predicted octanol–water partition coefficient (Wildman–Crippen LogP) is 6.85. The van der Waals surface area contributed by atoms with Gasteiger partial charge in [-0.2, -0.15) is 0 Å². The molecule has 2 aromatic rings. The molecule has 2 N–H and O–H groups in total. The fourth-order valence-corrected chi connectivity index (χ4v) is 6.56. The number of hydrogen-bond acceptors (Lipinski definition) is 4. The van der Waals surface area contributed by atoms with Gasteiger partial charge in [-0.05, 0) is 131 Å². The number of nitrogens with zero attached hydrogens (tertiary/aromatic N) is 2. The van der Waals surface area contributed by atoms with Crippen molar-refractivity contribution in [2.45, 2.75) is 99.6 Å². The molecule has 2 unspecified atom stereocenters. The van der Waals surface area contributed by atoms with Gasteiger partial charge in [-0.3, -0.25) is 0 Å². The van der Waals surface area contributed by atoms with Crippen molar-refractivity contribution in [3.63, 3.8) is 0 Å². The Morgan fingerprint density at radius 1 is 0.744 bits per heavy atom. The molecule has 0 fully saturated rings. The molecule has 0 bridgehead atoms. The summed E-state index contributed by atoms with van der Waals surface area (Å²) in [6.07, 6.45) is 3.92. The fraction of sp³-hybridized carbons (Fsp3) is 0.568. The Hall–Kier alpha value is -2.70. The molecule has 1 aliphatic carbocycles. The standard InChI is InChI=1S/C37H56F2N4/c1-11-42(12-2)21-15-17-26(7)40-31-23-30-28(9)32-24(5)19-20-25(6)33(32)29(10)34(30)37(36(39)35(31)38)41-27(8)18-16-22-43(13-3)14-4/h19-20,26-27,40-41H,9-18,21-23H2,1-8H3. The van der Waals surface area contributed by atoms with Crippen LogP contribution in [0, 0.1) is 13.8 Å². The zero-order valence-corrected chi connectivity index (χ0v) is 28.2. The van der Waals surface area contributed by atoms with Gasteiger partial charge < -0.3 is 20.4 Å². The molecule has 0 radical (unpaired) electrons. The van der Waals surface area contributed by atoms with Crippen LogP contribution in [0.25, 0.3) is 29.6 Å². The SMILES string of the molecule is C=c1c2c(c(=C)c3c(C)ccc(C)c13)C(NC(C)CCCN(CC)CC)=C(F)C(F)=C(NC(C)CCCN(CC)CC)C2. The van der Waals surface area contributed by atoms with Crippen LogP contribution < -0.4 is 21.1 Å². The van der Waals surface area contributed by atoms with Gasteiger partial charge in [0.15, 0.2) is 11.7 Å². The zero-order chi connectivity index (χ0) is 31.8. The van der Waals surface area contributed by atoms with Gasteiger partial charge in [0, 0.05) is 24.1 Å². The minimum absolute atomic E-state index is 0.00186. The molecule has 2 atom stereocenters. The van der Waals surface area contributed by atoms with Crippen molar-refractivity contribution in [3.05, 3.63) is 62.2 Å². The van der Waals surface area contributed by atoms with E-state index in [9.17, 15) is 0 Å². The number of aryl methyl sites for hydroxylation is 2. The first-order valence-electron chi connectivity index (χ1n) is 16.5. The van der Waals surface area contributed by atoms with Crippen LogP contribution in [0.2, 0.25) is 0 Å². The molecule has 0 aliphatic heterocycles. The van der Waals surface area contributed by atoms with E-state index in [0.29, 0.717) is 5.56 Å². The lowest BCUT2D eigenvalue weighted by Gasteiger charge is -2.24. The first-order valence-corrected chi connectivity index (χ1v) is 16.5. The summed E-state index contributed by atoms with van der Waals surface area (Å²) in [5, 5.41) is 10.4. The van der Waals surface area contributed by atoms with Gasteiger partial charge in [0.1, 0.15) is 0 Å². The van der Waals surface area contributed by atoms with Crippen LogP contribution in [0.3, 0.4) is 0 Å². The Morgan fingerprint density at radius 2 is 1.21 bits per heavy atom. The van der Waals surface area contributed by atoms with Crippen LogP contribution in [0.1, 0.15) is 89.5 Å². The van der Waals surface area contributed by atoms with Crippen molar-refractivity contribution in [1.29, 1.82) is 0 Å². The number of nitrogens with one attached hydrogen (secondary N) is 2. The molecule has 1 aliphatic rings.